The average Bonchev–Trinajstić information content (AvgIpc) is 2.29. The summed E-state index contributed by atoms with van der Waals surface area (Å²) in [4.78, 5) is 2.08. The van der Waals surface area contributed by atoms with Crippen LogP contribution in [0.4, 0.5) is 4.39 Å². The third kappa shape index (κ3) is 4.47. The van der Waals surface area contributed by atoms with Gasteiger partial charge in [-0.05, 0) is 6.07 Å². The second-order valence-electron chi connectivity index (χ2n) is 3.55. The van der Waals surface area contributed by atoms with Crippen LogP contribution in [0.25, 0.3) is 0 Å². The SMILES string of the molecule is COCCN(CCCl)Cc1ccccc1F. The first-order valence-corrected chi connectivity index (χ1v) is 5.82. The minimum atomic E-state index is -0.167. The van der Waals surface area contributed by atoms with E-state index >= 15 is 0 Å². The van der Waals surface area contributed by atoms with Gasteiger partial charge < -0.3 is 4.74 Å². The summed E-state index contributed by atoms with van der Waals surface area (Å²) in [7, 11) is 1.65. The summed E-state index contributed by atoms with van der Waals surface area (Å²) >= 11 is 5.70. The van der Waals surface area contributed by atoms with Crippen molar-refractivity contribution in [1.82, 2.24) is 4.90 Å². The highest BCUT2D eigenvalue weighted by molar-refractivity contribution is 6.18. The van der Waals surface area contributed by atoms with Crippen molar-refractivity contribution < 1.29 is 9.13 Å². The van der Waals surface area contributed by atoms with Crippen molar-refractivity contribution in [1.29, 1.82) is 0 Å². The van der Waals surface area contributed by atoms with E-state index in [-0.39, 0.29) is 5.82 Å². The van der Waals surface area contributed by atoms with E-state index < -0.39 is 0 Å². The van der Waals surface area contributed by atoms with Crippen molar-refractivity contribution in [2.75, 3.05) is 32.7 Å². The van der Waals surface area contributed by atoms with Crippen LogP contribution >= 0.6 is 11.6 Å². The molecule has 16 heavy (non-hydrogen) atoms. The van der Waals surface area contributed by atoms with Gasteiger partial charge in [-0.1, -0.05) is 18.2 Å². The first-order valence-electron chi connectivity index (χ1n) is 5.28. The van der Waals surface area contributed by atoms with Crippen LogP contribution in [0, 0.1) is 5.82 Å². The molecular weight excluding hydrogens is 229 g/mol. The molecule has 1 aromatic rings. The van der Waals surface area contributed by atoms with Crippen LogP contribution in [0.2, 0.25) is 0 Å². The zero-order valence-corrected chi connectivity index (χ0v) is 10.2. The smallest absolute Gasteiger partial charge is 0.127 e. The molecule has 90 valence electrons. The first-order chi connectivity index (χ1) is 7.77. The van der Waals surface area contributed by atoms with Crippen LogP contribution < -0.4 is 0 Å². The van der Waals surface area contributed by atoms with Gasteiger partial charge >= 0.3 is 0 Å². The second kappa shape index (κ2) is 7.60. The summed E-state index contributed by atoms with van der Waals surface area (Å²) in [5, 5.41) is 0. The zero-order chi connectivity index (χ0) is 11.8. The Balaban J connectivity index is 2.56. The number of hydrogen-bond donors (Lipinski definition) is 0. The molecule has 2 nitrogen and oxygen atoms in total. The summed E-state index contributed by atoms with van der Waals surface area (Å²) in [6.07, 6.45) is 0. The van der Waals surface area contributed by atoms with E-state index in [9.17, 15) is 4.39 Å². The van der Waals surface area contributed by atoms with Gasteiger partial charge in [0, 0.05) is 38.2 Å². The minimum Gasteiger partial charge on any atom is -0.383 e. The summed E-state index contributed by atoms with van der Waals surface area (Å²) < 4.78 is 18.4. The number of alkyl halides is 1. The van der Waals surface area contributed by atoms with Crippen LogP contribution in [-0.4, -0.2) is 37.6 Å². The van der Waals surface area contributed by atoms with Gasteiger partial charge in [0.2, 0.25) is 0 Å². The highest BCUT2D eigenvalue weighted by Gasteiger charge is 2.08. The lowest BCUT2D eigenvalue weighted by molar-refractivity contribution is 0.147. The molecule has 0 aliphatic heterocycles. The normalized spacial score (nSPS) is 11.0. The van der Waals surface area contributed by atoms with Gasteiger partial charge in [-0.3, -0.25) is 4.90 Å². The molecule has 0 aliphatic carbocycles. The molecule has 0 N–H and O–H groups in total. The molecule has 0 bridgehead atoms. The molecule has 0 fully saturated rings. The van der Waals surface area contributed by atoms with Crippen molar-refractivity contribution >= 4 is 11.6 Å². The molecule has 1 rings (SSSR count). The van der Waals surface area contributed by atoms with Crippen molar-refractivity contribution in [3.05, 3.63) is 35.6 Å². The maximum atomic E-state index is 13.4. The molecule has 0 spiro atoms. The molecule has 1 aromatic carbocycles. The average molecular weight is 246 g/mol. The summed E-state index contributed by atoms with van der Waals surface area (Å²) in [6.45, 7) is 2.70. The van der Waals surface area contributed by atoms with Crippen molar-refractivity contribution in [3.63, 3.8) is 0 Å². The van der Waals surface area contributed by atoms with Gasteiger partial charge in [-0.25, -0.2) is 4.39 Å². The van der Waals surface area contributed by atoms with Gasteiger partial charge in [0.15, 0.2) is 0 Å². The zero-order valence-electron chi connectivity index (χ0n) is 9.46. The Morgan fingerprint density at radius 2 is 2.06 bits per heavy atom. The van der Waals surface area contributed by atoms with E-state index in [2.05, 4.69) is 4.90 Å². The Bertz CT molecular complexity index is 309. The lowest BCUT2D eigenvalue weighted by Gasteiger charge is -2.21. The molecule has 0 saturated heterocycles. The van der Waals surface area contributed by atoms with Crippen LogP contribution in [0.3, 0.4) is 0 Å². The van der Waals surface area contributed by atoms with E-state index in [1.807, 2.05) is 6.07 Å². The molecule has 0 amide bonds. The Kier molecular flexibility index (Phi) is 6.38. The highest BCUT2D eigenvalue weighted by atomic mass is 35.5. The van der Waals surface area contributed by atoms with Gasteiger partial charge in [0.1, 0.15) is 5.82 Å². The molecule has 0 atom stereocenters. The fraction of sp³-hybridized carbons (Fsp3) is 0.500. The molecule has 0 saturated carbocycles. The summed E-state index contributed by atoms with van der Waals surface area (Å²) in [5.41, 5.74) is 0.698. The molecule has 0 aliphatic rings. The lowest BCUT2D eigenvalue weighted by Crippen LogP contribution is -2.29. The Hall–Kier alpha value is -0.640. The molecular formula is C12H17ClFNO. The minimum absolute atomic E-state index is 0.167. The third-order valence-electron chi connectivity index (χ3n) is 2.36. The molecule has 0 radical (unpaired) electrons. The Labute approximate surface area is 101 Å². The summed E-state index contributed by atoms with van der Waals surface area (Å²) in [6, 6.07) is 6.81. The Morgan fingerprint density at radius 1 is 1.31 bits per heavy atom. The highest BCUT2D eigenvalue weighted by Crippen LogP contribution is 2.09. The monoisotopic (exact) mass is 245 g/mol. The van der Waals surface area contributed by atoms with Gasteiger partial charge in [0.05, 0.1) is 6.61 Å². The molecule has 0 heterocycles. The Morgan fingerprint density at radius 3 is 2.69 bits per heavy atom. The summed E-state index contributed by atoms with van der Waals surface area (Å²) in [5.74, 6) is 0.373. The topological polar surface area (TPSA) is 12.5 Å². The standard InChI is InChI=1S/C12H17ClFNO/c1-16-9-8-15(7-6-13)10-11-4-2-3-5-12(11)14/h2-5H,6-10H2,1H3. The number of benzene rings is 1. The number of halogens is 2. The van der Waals surface area contributed by atoms with E-state index in [1.54, 1.807) is 19.2 Å². The molecule has 0 unspecified atom stereocenters. The second-order valence-corrected chi connectivity index (χ2v) is 3.93. The van der Waals surface area contributed by atoms with Gasteiger partial charge in [-0.2, -0.15) is 0 Å². The quantitative estimate of drug-likeness (QED) is 0.685. The van der Waals surface area contributed by atoms with Crippen LogP contribution in [0.1, 0.15) is 5.56 Å². The van der Waals surface area contributed by atoms with E-state index in [0.717, 1.165) is 13.1 Å². The number of nitrogens with zero attached hydrogens (tertiary/aromatic N) is 1. The number of ether oxygens (including phenoxy) is 1. The van der Waals surface area contributed by atoms with Crippen LogP contribution in [0.15, 0.2) is 24.3 Å². The predicted octanol–water partition coefficient (Wildman–Crippen LogP) is 2.51. The van der Waals surface area contributed by atoms with Crippen molar-refractivity contribution in [3.8, 4) is 0 Å². The van der Waals surface area contributed by atoms with Gasteiger partial charge in [0.25, 0.3) is 0 Å². The lowest BCUT2D eigenvalue weighted by atomic mass is 10.2. The fourth-order valence-electron chi connectivity index (χ4n) is 1.48. The number of methoxy groups -OCH3 is 1. The van der Waals surface area contributed by atoms with Crippen LogP contribution in [0.5, 0.6) is 0 Å². The van der Waals surface area contributed by atoms with Crippen molar-refractivity contribution in [2.24, 2.45) is 0 Å². The number of rotatable bonds is 7. The third-order valence-corrected chi connectivity index (χ3v) is 2.53. The van der Waals surface area contributed by atoms with E-state index in [0.29, 0.717) is 24.6 Å². The van der Waals surface area contributed by atoms with Crippen LogP contribution in [-0.2, 0) is 11.3 Å². The largest absolute Gasteiger partial charge is 0.383 e. The maximum Gasteiger partial charge on any atom is 0.127 e. The number of hydrogen-bond acceptors (Lipinski definition) is 2. The molecule has 0 aromatic heterocycles. The predicted molar refractivity (Wildman–Crippen MR) is 64.3 cm³/mol. The van der Waals surface area contributed by atoms with E-state index in [1.165, 1.54) is 6.07 Å². The molecule has 4 heteroatoms. The maximum absolute atomic E-state index is 13.4. The van der Waals surface area contributed by atoms with Crippen molar-refractivity contribution in [2.45, 2.75) is 6.54 Å². The first kappa shape index (κ1) is 13.4. The van der Waals surface area contributed by atoms with E-state index in [4.69, 9.17) is 16.3 Å². The fourth-order valence-corrected chi connectivity index (χ4v) is 1.72. The van der Waals surface area contributed by atoms with Gasteiger partial charge in [-0.15, -0.1) is 11.6 Å².